The van der Waals surface area contributed by atoms with Gasteiger partial charge in [0.15, 0.2) is 0 Å². The van der Waals surface area contributed by atoms with Gasteiger partial charge in [-0.2, -0.15) is 0 Å². The lowest BCUT2D eigenvalue weighted by atomic mass is 9.78. The molecule has 5 nitrogen and oxygen atoms in total. The van der Waals surface area contributed by atoms with Gasteiger partial charge in [-0.15, -0.1) is 0 Å². The highest BCUT2D eigenvalue weighted by atomic mass is 16.4. The second-order valence-corrected chi connectivity index (χ2v) is 7.91. The Morgan fingerprint density at radius 1 is 1.09 bits per heavy atom. The predicted octanol–water partition coefficient (Wildman–Crippen LogP) is 2.21. The minimum Gasteiger partial charge on any atom is -0.481 e. The molecule has 3 rings (SSSR count). The summed E-state index contributed by atoms with van der Waals surface area (Å²) in [6, 6.07) is 0.447. The van der Waals surface area contributed by atoms with Crippen LogP contribution in [0.5, 0.6) is 0 Å². The molecule has 1 saturated carbocycles. The lowest BCUT2D eigenvalue weighted by molar-refractivity contribution is -0.147. The van der Waals surface area contributed by atoms with Crippen molar-refractivity contribution in [2.24, 2.45) is 17.8 Å². The Balaban J connectivity index is 1.60. The van der Waals surface area contributed by atoms with E-state index < -0.39 is 5.97 Å². The van der Waals surface area contributed by atoms with E-state index in [1.807, 2.05) is 0 Å². The van der Waals surface area contributed by atoms with Gasteiger partial charge >= 0.3 is 5.97 Å². The van der Waals surface area contributed by atoms with Crippen LogP contribution in [0.15, 0.2) is 0 Å². The Kier molecular flexibility index (Phi) is 5.24. The van der Waals surface area contributed by atoms with E-state index in [1.165, 1.54) is 25.7 Å². The molecule has 1 N–H and O–H groups in total. The third-order valence-corrected chi connectivity index (χ3v) is 6.01. The number of hydrogen-bond acceptors (Lipinski definition) is 3. The third kappa shape index (κ3) is 3.87. The number of carbonyl (C=O) groups is 2. The Labute approximate surface area is 139 Å². The molecule has 4 atom stereocenters. The summed E-state index contributed by atoms with van der Waals surface area (Å²) in [5.74, 6) is 0.226. The number of nitrogens with zero attached hydrogens (tertiary/aromatic N) is 2. The predicted molar refractivity (Wildman–Crippen MR) is 88.0 cm³/mol. The Morgan fingerprint density at radius 2 is 1.83 bits per heavy atom. The fourth-order valence-electron chi connectivity index (χ4n) is 4.99. The van der Waals surface area contributed by atoms with Gasteiger partial charge in [-0.3, -0.25) is 14.5 Å². The smallest absolute Gasteiger partial charge is 0.307 e. The second kappa shape index (κ2) is 7.20. The fourth-order valence-corrected chi connectivity index (χ4v) is 4.99. The first-order valence-electron chi connectivity index (χ1n) is 9.29. The number of aliphatic carboxylic acids is 1. The van der Waals surface area contributed by atoms with Crippen LogP contribution in [0, 0.1) is 17.8 Å². The van der Waals surface area contributed by atoms with Crippen LogP contribution < -0.4 is 0 Å². The molecule has 4 unspecified atom stereocenters. The molecule has 0 bridgehead atoms. The normalized spacial score (nSPS) is 35.6. The molecule has 0 spiro atoms. The van der Waals surface area contributed by atoms with Gasteiger partial charge < -0.3 is 10.0 Å². The maximum Gasteiger partial charge on any atom is 0.307 e. The van der Waals surface area contributed by atoms with E-state index in [0.717, 1.165) is 32.4 Å². The summed E-state index contributed by atoms with van der Waals surface area (Å²) in [6.07, 6.45) is 8.12. The Hall–Kier alpha value is -1.10. The minimum atomic E-state index is -0.723. The van der Waals surface area contributed by atoms with E-state index in [1.54, 1.807) is 0 Å². The van der Waals surface area contributed by atoms with Crippen LogP contribution in [-0.4, -0.2) is 59.0 Å². The third-order valence-electron chi connectivity index (χ3n) is 6.01. The quantitative estimate of drug-likeness (QED) is 0.865. The molecule has 2 aliphatic heterocycles. The van der Waals surface area contributed by atoms with Crippen molar-refractivity contribution in [1.82, 2.24) is 9.80 Å². The molecule has 23 heavy (non-hydrogen) atoms. The van der Waals surface area contributed by atoms with Crippen molar-refractivity contribution in [2.75, 3.05) is 26.2 Å². The van der Waals surface area contributed by atoms with Crippen molar-refractivity contribution in [3.63, 3.8) is 0 Å². The second-order valence-electron chi connectivity index (χ2n) is 7.91. The first-order valence-corrected chi connectivity index (χ1v) is 9.29. The van der Waals surface area contributed by atoms with Crippen molar-refractivity contribution in [3.05, 3.63) is 0 Å². The molecule has 2 saturated heterocycles. The molecule has 5 heteroatoms. The van der Waals surface area contributed by atoms with Crippen molar-refractivity contribution in [2.45, 2.75) is 57.9 Å². The van der Waals surface area contributed by atoms with Crippen molar-refractivity contribution in [1.29, 1.82) is 0 Å². The highest BCUT2D eigenvalue weighted by molar-refractivity contribution is 5.79. The minimum absolute atomic E-state index is 0.222. The molecule has 0 aromatic carbocycles. The molecule has 2 heterocycles. The molecule has 1 aliphatic carbocycles. The van der Waals surface area contributed by atoms with E-state index >= 15 is 0 Å². The summed E-state index contributed by atoms with van der Waals surface area (Å²) >= 11 is 0. The summed E-state index contributed by atoms with van der Waals surface area (Å²) in [4.78, 5) is 28.3. The van der Waals surface area contributed by atoms with Gasteiger partial charge in [0.1, 0.15) is 0 Å². The molecular formula is C18H30N2O3. The SMILES string of the molecule is CC1CC(C(=O)O)CN(CC(=O)N2CCCC3CCCCC32)C1. The van der Waals surface area contributed by atoms with Gasteiger partial charge in [0, 0.05) is 25.7 Å². The highest BCUT2D eigenvalue weighted by Crippen LogP contribution is 2.35. The molecule has 0 aromatic heterocycles. The summed E-state index contributed by atoms with van der Waals surface area (Å²) in [5.41, 5.74) is 0. The lowest BCUT2D eigenvalue weighted by Gasteiger charge is -2.45. The number of rotatable bonds is 3. The standard InChI is InChI=1S/C18H30N2O3/c1-13-9-15(18(22)23)11-19(10-13)12-17(21)20-8-4-6-14-5-2-3-7-16(14)20/h13-16H,2-12H2,1H3,(H,22,23). The topological polar surface area (TPSA) is 60.9 Å². The summed E-state index contributed by atoms with van der Waals surface area (Å²) in [6.45, 7) is 4.75. The van der Waals surface area contributed by atoms with Crippen LogP contribution in [0.3, 0.4) is 0 Å². The average Bonchev–Trinajstić information content (AvgIpc) is 2.53. The lowest BCUT2D eigenvalue weighted by Crippen LogP contribution is -2.54. The fraction of sp³-hybridized carbons (Fsp3) is 0.889. The number of carboxylic acid groups (broad SMARTS) is 1. The van der Waals surface area contributed by atoms with Gasteiger partial charge in [-0.1, -0.05) is 19.8 Å². The molecule has 1 amide bonds. The van der Waals surface area contributed by atoms with Crippen LogP contribution in [-0.2, 0) is 9.59 Å². The monoisotopic (exact) mass is 322 g/mol. The van der Waals surface area contributed by atoms with Crippen molar-refractivity contribution < 1.29 is 14.7 Å². The van der Waals surface area contributed by atoms with Gasteiger partial charge in [0.25, 0.3) is 0 Å². The van der Waals surface area contributed by atoms with E-state index in [2.05, 4.69) is 16.7 Å². The summed E-state index contributed by atoms with van der Waals surface area (Å²) in [5, 5.41) is 9.29. The summed E-state index contributed by atoms with van der Waals surface area (Å²) in [7, 11) is 0. The van der Waals surface area contributed by atoms with Gasteiger partial charge in [-0.25, -0.2) is 0 Å². The van der Waals surface area contributed by atoms with E-state index in [4.69, 9.17) is 0 Å². The number of fused-ring (bicyclic) bond motifs is 1. The molecule has 130 valence electrons. The van der Waals surface area contributed by atoms with Gasteiger partial charge in [0.2, 0.25) is 5.91 Å². The number of hydrogen-bond donors (Lipinski definition) is 1. The molecule has 3 aliphatic rings. The largest absolute Gasteiger partial charge is 0.481 e. The molecular weight excluding hydrogens is 292 g/mol. The van der Waals surface area contributed by atoms with Gasteiger partial charge in [0.05, 0.1) is 12.5 Å². The number of likely N-dealkylation sites (tertiary alicyclic amines) is 2. The maximum atomic E-state index is 12.8. The van der Waals surface area contributed by atoms with E-state index in [0.29, 0.717) is 31.0 Å². The van der Waals surface area contributed by atoms with Gasteiger partial charge in [-0.05, 0) is 43.9 Å². The van der Waals surface area contributed by atoms with Crippen LogP contribution in [0.25, 0.3) is 0 Å². The number of carboxylic acids is 1. The van der Waals surface area contributed by atoms with Crippen LogP contribution in [0.2, 0.25) is 0 Å². The van der Waals surface area contributed by atoms with Crippen molar-refractivity contribution >= 4 is 11.9 Å². The first kappa shape index (κ1) is 16.7. The zero-order valence-corrected chi connectivity index (χ0v) is 14.2. The highest BCUT2D eigenvalue weighted by Gasteiger charge is 2.37. The molecule has 3 fully saturated rings. The zero-order valence-electron chi connectivity index (χ0n) is 14.2. The molecule has 0 radical (unpaired) electrons. The summed E-state index contributed by atoms with van der Waals surface area (Å²) < 4.78 is 0. The first-order chi connectivity index (χ1) is 11.0. The number of piperidine rings is 2. The molecule has 0 aromatic rings. The van der Waals surface area contributed by atoms with Crippen molar-refractivity contribution in [3.8, 4) is 0 Å². The Morgan fingerprint density at radius 3 is 2.61 bits per heavy atom. The van der Waals surface area contributed by atoms with Crippen LogP contribution in [0.4, 0.5) is 0 Å². The number of carbonyl (C=O) groups excluding carboxylic acids is 1. The zero-order chi connectivity index (χ0) is 16.4. The Bertz CT molecular complexity index is 452. The van der Waals surface area contributed by atoms with Crippen LogP contribution >= 0.6 is 0 Å². The van der Waals surface area contributed by atoms with E-state index in [9.17, 15) is 14.7 Å². The van der Waals surface area contributed by atoms with Crippen LogP contribution in [0.1, 0.15) is 51.9 Å². The van der Waals surface area contributed by atoms with E-state index in [-0.39, 0.29) is 11.8 Å². The number of amides is 1. The maximum absolute atomic E-state index is 12.8. The average molecular weight is 322 g/mol.